The van der Waals surface area contributed by atoms with Gasteiger partial charge in [0.05, 0.1) is 4.83 Å². The highest BCUT2D eigenvalue weighted by atomic mass is 79.9. The maximum Gasteiger partial charge on any atom is 0.0659 e. The van der Waals surface area contributed by atoms with Gasteiger partial charge in [-0.05, 0) is 54.3 Å². The molecule has 0 radical (unpaired) electrons. The molecule has 0 N–H and O–H groups in total. The number of aryl methyl sites for hydroxylation is 2. The maximum absolute atomic E-state index is 6.26. The smallest absolute Gasteiger partial charge is 0.0659 e. The number of rotatable bonds is 2. The first-order valence-corrected chi connectivity index (χ1v) is 7.74. The van der Waals surface area contributed by atoms with Crippen LogP contribution in [0.15, 0.2) is 40.9 Å². The van der Waals surface area contributed by atoms with Crippen LogP contribution in [0, 0.1) is 13.8 Å². The van der Waals surface area contributed by atoms with E-state index in [0.717, 1.165) is 15.1 Å². The summed E-state index contributed by atoms with van der Waals surface area (Å²) >= 11 is 13.5. The molecule has 1 atom stereocenters. The van der Waals surface area contributed by atoms with Crippen LogP contribution in [-0.4, -0.2) is 0 Å². The summed E-state index contributed by atoms with van der Waals surface area (Å²) in [5.41, 5.74) is 4.90. The Morgan fingerprint density at radius 2 is 1.72 bits per heavy atom. The number of benzene rings is 2. The van der Waals surface area contributed by atoms with Crippen LogP contribution < -0.4 is 0 Å². The van der Waals surface area contributed by atoms with E-state index in [4.69, 9.17) is 11.6 Å². The van der Waals surface area contributed by atoms with Gasteiger partial charge in [-0.25, -0.2) is 0 Å². The first-order valence-electron chi connectivity index (χ1n) is 5.65. The minimum absolute atomic E-state index is 0.113. The second-order valence-corrected chi connectivity index (χ2v) is 6.61. The molecule has 94 valence electrons. The Hall–Kier alpha value is -0.310. The van der Waals surface area contributed by atoms with Crippen molar-refractivity contribution >= 4 is 43.5 Å². The van der Waals surface area contributed by atoms with Crippen molar-refractivity contribution in [2.75, 3.05) is 0 Å². The molecule has 0 aliphatic carbocycles. The van der Waals surface area contributed by atoms with Crippen molar-refractivity contribution in [1.29, 1.82) is 0 Å². The van der Waals surface area contributed by atoms with Gasteiger partial charge in [0, 0.05) is 9.50 Å². The zero-order valence-corrected chi connectivity index (χ0v) is 14.1. The average molecular weight is 389 g/mol. The number of halogens is 3. The topological polar surface area (TPSA) is 0 Å². The molecule has 0 bridgehead atoms. The molecule has 0 heterocycles. The molecule has 0 aromatic heterocycles. The van der Waals surface area contributed by atoms with Gasteiger partial charge >= 0.3 is 0 Å². The lowest BCUT2D eigenvalue weighted by Crippen LogP contribution is -1.95. The summed E-state index contributed by atoms with van der Waals surface area (Å²) < 4.78 is 1.04. The number of hydrogen-bond donors (Lipinski definition) is 0. The summed E-state index contributed by atoms with van der Waals surface area (Å²) in [7, 11) is 0. The van der Waals surface area contributed by atoms with Crippen molar-refractivity contribution in [2.24, 2.45) is 0 Å². The molecule has 2 aromatic carbocycles. The maximum atomic E-state index is 6.26. The summed E-state index contributed by atoms with van der Waals surface area (Å²) in [6.45, 7) is 4.25. The zero-order valence-electron chi connectivity index (χ0n) is 10.2. The lowest BCUT2D eigenvalue weighted by molar-refractivity contribution is 1.15. The highest BCUT2D eigenvalue weighted by Gasteiger charge is 2.14. The van der Waals surface area contributed by atoms with E-state index in [1.807, 2.05) is 12.1 Å². The van der Waals surface area contributed by atoms with E-state index < -0.39 is 0 Å². The molecule has 0 spiro atoms. The SMILES string of the molecule is Cc1ccc(C(Br)c2cc(Br)ccc2Cl)cc1C. The third kappa shape index (κ3) is 2.98. The summed E-state index contributed by atoms with van der Waals surface area (Å²) in [5, 5.41) is 0.776. The van der Waals surface area contributed by atoms with Crippen molar-refractivity contribution in [3.05, 3.63) is 68.1 Å². The van der Waals surface area contributed by atoms with Gasteiger partial charge in [0.15, 0.2) is 0 Å². The minimum Gasteiger partial charge on any atom is -0.0840 e. The van der Waals surface area contributed by atoms with Crippen molar-refractivity contribution < 1.29 is 0 Å². The van der Waals surface area contributed by atoms with E-state index in [1.54, 1.807) is 0 Å². The molecule has 0 saturated carbocycles. The Kier molecular flexibility index (Phi) is 4.52. The van der Waals surface area contributed by atoms with Crippen LogP contribution in [0.2, 0.25) is 5.02 Å². The highest BCUT2D eigenvalue weighted by molar-refractivity contribution is 9.10. The van der Waals surface area contributed by atoms with E-state index >= 15 is 0 Å². The lowest BCUT2D eigenvalue weighted by atomic mass is 10.0. The Labute approximate surface area is 130 Å². The largest absolute Gasteiger partial charge is 0.0840 e. The Morgan fingerprint density at radius 3 is 2.39 bits per heavy atom. The molecule has 0 nitrogen and oxygen atoms in total. The molecule has 0 fully saturated rings. The fourth-order valence-electron chi connectivity index (χ4n) is 1.81. The van der Waals surface area contributed by atoms with Crippen LogP contribution in [0.4, 0.5) is 0 Å². The molecular weight excluding hydrogens is 375 g/mol. The number of alkyl halides is 1. The van der Waals surface area contributed by atoms with E-state index in [-0.39, 0.29) is 4.83 Å². The quantitative estimate of drug-likeness (QED) is 0.537. The standard InChI is InChI=1S/C15H13Br2Cl/c1-9-3-4-11(7-10(9)2)15(17)13-8-12(16)5-6-14(13)18/h3-8,15H,1-2H3. The molecule has 2 rings (SSSR count). The van der Waals surface area contributed by atoms with Crippen LogP contribution in [-0.2, 0) is 0 Å². The first kappa shape index (κ1) is 14.1. The van der Waals surface area contributed by atoms with Crippen molar-refractivity contribution in [2.45, 2.75) is 18.7 Å². The minimum atomic E-state index is 0.113. The number of hydrogen-bond acceptors (Lipinski definition) is 0. The lowest BCUT2D eigenvalue weighted by Gasteiger charge is -2.14. The van der Waals surface area contributed by atoms with Gasteiger partial charge in [0.1, 0.15) is 0 Å². The van der Waals surface area contributed by atoms with Gasteiger partial charge in [-0.15, -0.1) is 0 Å². The average Bonchev–Trinajstić information content (AvgIpc) is 2.35. The van der Waals surface area contributed by atoms with Gasteiger partial charge in [-0.2, -0.15) is 0 Å². The monoisotopic (exact) mass is 386 g/mol. The van der Waals surface area contributed by atoms with Gasteiger partial charge < -0.3 is 0 Å². The second-order valence-electron chi connectivity index (χ2n) is 4.37. The Balaban J connectivity index is 2.44. The van der Waals surface area contributed by atoms with Crippen LogP contribution in [0.5, 0.6) is 0 Å². The van der Waals surface area contributed by atoms with Crippen LogP contribution in [0.1, 0.15) is 27.1 Å². The van der Waals surface area contributed by atoms with E-state index in [0.29, 0.717) is 0 Å². The van der Waals surface area contributed by atoms with E-state index in [1.165, 1.54) is 16.7 Å². The highest BCUT2D eigenvalue weighted by Crippen LogP contribution is 2.37. The van der Waals surface area contributed by atoms with Crippen LogP contribution >= 0.6 is 43.5 Å². The summed E-state index contributed by atoms with van der Waals surface area (Å²) in [4.78, 5) is 0.113. The fraction of sp³-hybridized carbons (Fsp3) is 0.200. The molecule has 1 unspecified atom stereocenters. The third-order valence-electron chi connectivity index (χ3n) is 3.05. The van der Waals surface area contributed by atoms with Gasteiger partial charge in [0.2, 0.25) is 0 Å². The predicted octanol–water partition coefficient (Wildman–Crippen LogP) is 6.20. The molecule has 3 heteroatoms. The van der Waals surface area contributed by atoms with Crippen molar-refractivity contribution in [3.63, 3.8) is 0 Å². The molecule has 18 heavy (non-hydrogen) atoms. The van der Waals surface area contributed by atoms with Gasteiger partial charge in [0.25, 0.3) is 0 Å². The first-order chi connectivity index (χ1) is 8.49. The summed E-state index contributed by atoms with van der Waals surface area (Å²) in [6, 6.07) is 12.4. The van der Waals surface area contributed by atoms with Gasteiger partial charge in [-0.1, -0.05) is 61.7 Å². The van der Waals surface area contributed by atoms with Crippen molar-refractivity contribution in [1.82, 2.24) is 0 Å². The van der Waals surface area contributed by atoms with E-state index in [2.05, 4.69) is 70.0 Å². The molecule has 0 aliphatic rings. The summed E-state index contributed by atoms with van der Waals surface area (Å²) in [6.07, 6.45) is 0. The van der Waals surface area contributed by atoms with Crippen LogP contribution in [0.25, 0.3) is 0 Å². The Bertz CT molecular complexity index is 579. The van der Waals surface area contributed by atoms with E-state index in [9.17, 15) is 0 Å². The molecule has 2 aromatic rings. The van der Waals surface area contributed by atoms with Crippen molar-refractivity contribution in [3.8, 4) is 0 Å². The fourth-order valence-corrected chi connectivity index (χ4v) is 3.21. The molecule has 0 aliphatic heterocycles. The molecular formula is C15H13Br2Cl. The predicted molar refractivity (Wildman–Crippen MR) is 85.8 cm³/mol. The second kappa shape index (κ2) is 5.77. The summed E-state index contributed by atoms with van der Waals surface area (Å²) in [5.74, 6) is 0. The molecule has 0 saturated heterocycles. The normalized spacial score (nSPS) is 12.5. The Morgan fingerprint density at radius 1 is 1.00 bits per heavy atom. The molecule has 0 amide bonds. The van der Waals surface area contributed by atoms with Crippen LogP contribution in [0.3, 0.4) is 0 Å². The third-order valence-corrected chi connectivity index (χ3v) is 4.91. The zero-order chi connectivity index (χ0) is 13.3. The van der Waals surface area contributed by atoms with Gasteiger partial charge in [-0.3, -0.25) is 0 Å².